The van der Waals surface area contributed by atoms with Crippen molar-refractivity contribution in [1.29, 1.82) is 0 Å². The van der Waals surface area contributed by atoms with E-state index in [1.165, 1.54) is 5.56 Å². The minimum absolute atomic E-state index is 0.306. The van der Waals surface area contributed by atoms with Crippen molar-refractivity contribution in [2.45, 2.75) is 32.9 Å². The number of nitrogens with one attached hydrogen (secondary N) is 1. The number of H-pyrrole nitrogens is 1. The van der Waals surface area contributed by atoms with E-state index >= 15 is 0 Å². The van der Waals surface area contributed by atoms with Crippen LogP contribution in [0.5, 0.6) is 11.5 Å². The molecule has 1 N–H and O–H groups in total. The van der Waals surface area contributed by atoms with Gasteiger partial charge in [0.2, 0.25) is 0 Å². The first-order valence-electron chi connectivity index (χ1n) is 10.4. The van der Waals surface area contributed by atoms with Gasteiger partial charge in [-0.2, -0.15) is 0 Å². The molecule has 156 valence electrons. The van der Waals surface area contributed by atoms with Gasteiger partial charge in [0.25, 0.3) is 5.56 Å². The summed E-state index contributed by atoms with van der Waals surface area (Å²) in [4.78, 5) is 28.5. The maximum atomic E-state index is 12.1. The lowest BCUT2D eigenvalue weighted by molar-refractivity contribution is 0.154. The number of benzene rings is 2. The number of likely N-dealkylation sites (tertiary alicyclic amines) is 1. The molecule has 3 aromatic rings. The van der Waals surface area contributed by atoms with Crippen LogP contribution in [0.25, 0.3) is 0 Å². The first-order chi connectivity index (χ1) is 14.6. The highest BCUT2D eigenvalue weighted by molar-refractivity contribution is 5.33. The summed E-state index contributed by atoms with van der Waals surface area (Å²) in [6, 6.07) is 18.0. The largest absolute Gasteiger partial charge is 0.457 e. The summed E-state index contributed by atoms with van der Waals surface area (Å²) in [6.45, 7) is 5.17. The van der Waals surface area contributed by atoms with Crippen LogP contribution < -0.4 is 16.0 Å². The zero-order chi connectivity index (χ0) is 20.9. The number of ether oxygens (including phenoxy) is 1. The molecule has 0 radical (unpaired) electrons. The van der Waals surface area contributed by atoms with Crippen molar-refractivity contribution in [3.8, 4) is 11.5 Å². The number of aromatic amines is 1. The molecule has 1 aliphatic heterocycles. The zero-order valence-corrected chi connectivity index (χ0v) is 17.2. The molecule has 2 heterocycles. The minimum atomic E-state index is -0.325. The highest BCUT2D eigenvalue weighted by Gasteiger charge is 2.21. The zero-order valence-electron chi connectivity index (χ0n) is 17.2. The van der Waals surface area contributed by atoms with Gasteiger partial charge in [0.1, 0.15) is 11.5 Å². The van der Waals surface area contributed by atoms with E-state index in [0.717, 1.165) is 44.0 Å². The lowest BCUT2D eigenvalue weighted by Crippen LogP contribution is -2.39. The molecule has 1 atom stereocenters. The normalized spacial score (nSPS) is 17.0. The summed E-state index contributed by atoms with van der Waals surface area (Å²) in [7, 11) is 0. The molecule has 0 saturated carbocycles. The summed E-state index contributed by atoms with van der Waals surface area (Å²) in [5, 5.41) is 0. The predicted octanol–water partition coefficient (Wildman–Crippen LogP) is 3.55. The van der Waals surface area contributed by atoms with E-state index in [4.69, 9.17) is 4.74 Å². The predicted molar refractivity (Wildman–Crippen MR) is 117 cm³/mol. The van der Waals surface area contributed by atoms with Crippen LogP contribution in [0.3, 0.4) is 0 Å². The Bertz CT molecular complexity index is 1100. The third kappa shape index (κ3) is 5.07. The molecule has 0 spiro atoms. The molecule has 0 amide bonds. The molecule has 0 aliphatic carbocycles. The molecule has 1 fully saturated rings. The van der Waals surface area contributed by atoms with Gasteiger partial charge in [-0.25, -0.2) is 4.79 Å². The van der Waals surface area contributed by atoms with Gasteiger partial charge in [-0.15, -0.1) is 0 Å². The fourth-order valence-electron chi connectivity index (χ4n) is 4.07. The van der Waals surface area contributed by atoms with Crippen LogP contribution in [-0.4, -0.2) is 27.5 Å². The number of aryl methyl sites for hydroxylation is 1. The van der Waals surface area contributed by atoms with Gasteiger partial charge in [0.15, 0.2) is 0 Å². The number of nitrogens with zero attached hydrogens (tertiary/aromatic N) is 2. The van der Waals surface area contributed by atoms with Gasteiger partial charge < -0.3 is 9.30 Å². The quantitative estimate of drug-likeness (QED) is 0.681. The third-order valence-corrected chi connectivity index (χ3v) is 5.53. The van der Waals surface area contributed by atoms with Crippen LogP contribution in [0, 0.1) is 12.8 Å². The number of aromatic nitrogens is 2. The van der Waals surface area contributed by atoms with Crippen LogP contribution in [0.1, 0.15) is 24.0 Å². The van der Waals surface area contributed by atoms with Crippen LogP contribution in [0.15, 0.2) is 70.4 Å². The maximum Gasteiger partial charge on any atom is 0.328 e. The van der Waals surface area contributed by atoms with Crippen molar-refractivity contribution >= 4 is 0 Å². The Morgan fingerprint density at radius 2 is 1.87 bits per heavy atom. The van der Waals surface area contributed by atoms with Crippen molar-refractivity contribution in [2.75, 3.05) is 13.1 Å². The van der Waals surface area contributed by atoms with Crippen LogP contribution >= 0.6 is 0 Å². The molecule has 6 heteroatoms. The Morgan fingerprint density at radius 1 is 1.07 bits per heavy atom. The Labute approximate surface area is 175 Å². The summed E-state index contributed by atoms with van der Waals surface area (Å²) < 4.78 is 7.59. The molecular formula is C24H27N3O3. The third-order valence-electron chi connectivity index (χ3n) is 5.53. The van der Waals surface area contributed by atoms with Crippen molar-refractivity contribution in [3.63, 3.8) is 0 Å². The van der Waals surface area contributed by atoms with Gasteiger partial charge in [-0.1, -0.05) is 30.3 Å². The average Bonchev–Trinajstić information content (AvgIpc) is 2.73. The number of rotatable bonds is 6. The van der Waals surface area contributed by atoms with Crippen molar-refractivity contribution < 1.29 is 4.74 Å². The summed E-state index contributed by atoms with van der Waals surface area (Å²) in [6.07, 6.45) is 3.85. The number of hydrogen-bond donors (Lipinski definition) is 1. The number of para-hydroxylation sites is 1. The van der Waals surface area contributed by atoms with E-state index in [1.54, 1.807) is 17.7 Å². The topological polar surface area (TPSA) is 67.3 Å². The Kier molecular flexibility index (Phi) is 6.14. The monoisotopic (exact) mass is 405 g/mol. The van der Waals surface area contributed by atoms with E-state index in [9.17, 15) is 9.59 Å². The molecule has 1 aliphatic rings. The van der Waals surface area contributed by atoms with Gasteiger partial charge in [0, 0.05) is 31.4 Å². The van der Waals surface area contributed by atoms with Crippen LogP contribution in [-0.2, 0) is 13.1 Å². The summed E-state index contributed by atoms with van der Waals surface area (Å²) >= 11 is 0. The second kappa shape index (κ2) is 9.13. The summed E-state index contributed by atoms with van der Waals surface area (Å²) in [5.74, 6) is 2.04. The summed E-state index contributed by atoms with van der Waals surface area (Å²) in [5.41, 5.74) is 1.14. The number of piperidine rings is 1. The second-order valence-electron chi connectivity index (χ2n) is 8.03. The molecular weight excluding hydrogens is 378 g/mol. The highest BCUT2D eigenvalue weighted by Crippen LogP contribution is 2.24. The molecule has 1 aromatic heterocycles. The average molecular weight is 405 g/mol. The molecule has 30 heavy (non-hydrogen) atoms. The van der Waals surface area contributed by atoms with E-state index in [1.807, 2.05) is 42.5 Å². The molecule has 1 saturated heterocycles. The van der Waals surface area contributed by atoms with Gasteiger partial charge in [-0.3, -0.25) is 14.7 Å². The number of hydrogen-bond acceptors (Lipinski definition) is 4. The van der Waals surface area contributed by atoms with E-state index in [2.05, 4.69) is 22.0 Å². The van der Waals surface area contributed by atoms with Gasteiger partial charge >= 0.3 is 5.69 Å². The Morgan fingerprint density at radius 3 is 2.70 bits per heavy atom. The van der Waals surface area contributed by atoms with E-state index in [0.29, 0.717) is 18.0 Å². The Hall–Kier alpha value is -3.12. The fraction of sp³-hybridized carbons (Fsp3) is 0.333. The molecule has 4 rings (SSSR count). The minimum Gasteiger partial charge on any atom is -0.457 e. The standard InChI is InChI=1S/C24H27N3O3/c1-18-14-27(24(29)25-23(18)28)17-20-8-6-12-26(16-20)15-19-7-5-11-22(13-19)30-21-9-3-2-4-10-21/h2-5,7,9-11,13-14,20H,6,8,12,15-17H2,1H3,(H,25,28,29). The fourth-order valence-corrected chi connectivity index (χ4v) is 4.07. The first-order valence-corrected chi connectivity index (χ1v) is 10.4. The molecule has 0 bridgehead atoms. The second-order valence-corrected chi connectivity index (χ2v) is 8.03. The molecule has 1 unspecified atom stereocenters. The first kappa shape index (κ1) is 20.2. The van der Waals surface area contributed by atoms with Crippen molar-refractivity contribution in [3.05, 3.63) is 92.8 Å². The van der Waals surface area contributed by atoms with Crippen LogP contribution in [0.2, 0.25) is 0 Å². The van der Waals surface area contributed by atoms with E-state index in [-0.39, 0.29) is 11.2 Å². The molecule has 2 aromatic carbocycles. The van der Waals surface area contributed by atoms with Gasteiger partial charge in [0.05, 0.1) is 0 Å². The lowest BCUT2D eigenvalue weighted by atomic mass is 9.97. The lowest BCUT2D eigenvalue weighted by Gasteiger charge is -2.33. The van der Waals surface area contributed by atoms with Crippen LogP contribution in [0.4, 0.5) is 0 Å². The maximum absolute atomic E-state index is 12.1. The SMILES string of the molecule is Cc1cn(CC2CCCN(Cc3cccc(Oc4ccccc4)c3)C2)c(=O)[nH]c1=O. The smallest absolute Gasteiger partial charge is 0.328 e. The Balaban J connectivity index is 1.39. The molecule has 6 nitrogen and oxygen atoms in total. The van der Waals surface area contributed by atoms with Crippen molar-refractivity contribution in [1.82, 2.24) is 14.5 Å². The highest BCUT2D eigenvalue weighted by atomic mass is 16.5. The van der Waals surface area contributed by atoms with Gasteiger partial charge in [-0.05, 0) is 62.1 Å². The van der Waals surface area contributed by atoms with E-state index < -0.39 is 0 Å². The van der Waals surface area contributed by atoms with Crippen molar-refractivity contribution in [2.24, 2.45) is 5.92 Å².